The van der Waals surface area contributed by atoms with Crippen molar-refractivity contribution < 1.29 is 4.39 Å². The quantitative estimate of drug-likeness (QED) is 0.585. The van der Waals surface area contributed by atoms with Gasteiger partial charge in [-0.05, 0) is 12.1 Å². The second-order valence-electron chi connectivity index (χ2n) is 3.41. The number of aryl methyl sites for hydroxylation is 1. The highest BCUT2D eigenvalue weighted by atomic mass is 19.1. The Hall–Kier alpha value is -1.79. The van der Waals surface area contributed by atoms with Crippen molar-refractivity contribution in [1.29, 1.82) is 0 Å². The van der Waals surface area contributed by atoms with Crippen LogP contribution in [0.5, 0.6) is 0 Å². The number of hydrogen-bond donors (Lipinski definition) is 2. The molecule has 0 aromatic carbocycles. The van der Waals surface area contributed by atoms with Gasteiger partial charge in [0.05, 0.1) is 17.9 Å². The first-order valence-electron chi connectivity index (χ1n) is 4.77. The smallest absolute Gasteiger partial charge is 0.146 e. The van der Waals surface area contributed by atoms with Crippen molar-refractivity contribution in [3.05, 3.63) is 47.8 Å². The van der Waals surface area contributed by atoms with Crippen LogP contribution >= 0.6 is 0 Å². The number of nitrogens with zero attached hydrogens (tertiary/aromatic N) is 3. The van der Waals surface area contributed by atoms with Crippen LogP contribution in [-0.4, -0.2) is 14.8 Å². The number of nitrogens with two attached hydrogens (primary N) is 1. The van der Waals surface area contributed by atoms with E-state index in [1.807, 2.05) is 0 Å². The van der Waals surface area contributed by atoms with Crippen LogP contribution in [-0.2, 0) is 7.05 Å². The third-order valence-corrected chi connectivity index (χ3v) is 2.31. The molecular weight excluding hydrogens is 209 g/mol. The summed E-state index contributed by atoms with van der Waals surface area (Å²) in [6.07, 6.45) is 4.45. The first-order chi connectivity index (χ1) is 7.72. The van der Waals surface area contributed by atoms with E-state index in [4.69, 9.17) is 5.84 Å². The molecule has 2 aromatic rings. The molecule has 5 nitrogen and oxygen atoms in total. The molecule has 0 fully saturated rings. The van der Waals surface area contributed by atoms with Gasteiger partial charge < -0.3 is 0 Å². The monoisotopic (exact) mass is 221 g/mol. The summed E-state index contributed by atoms with van der Waals surface area (Å²) < 4.78 is 15.2. The number of rotatable bonds is 3. The average molecular weight is 221 g/mol. The molecule has 2 rings (SSSR count). The van der Waals surface area contributed by atoms with Crippen LogP contribution in [0, 0.1) is 5.82 Å². The van der Waals surface area contributed by atoms with E-state index in [1.54, 1.807) is 30.1 Å². The van der Waals surface area contributed by atoms with Crippen molar-refractivity contribution in [2.75, 3.05) is 0 Å². The van der Waals surface area contributed by atoms with Gasteiger partial charge in [-0.1, -0.05) is 0 Å². The van der Waals surface area contributed by atoms with E-state index in [-0.39, 0.29) is 0 Å². The van der Waals surface area contributed by atoms with E-state index in [9.17, 15) is 4.39 Å². The first-order valence-corrected chi connectivity index (χ1v) is 4.77. The van der Waals surface area contributed by atoms with Crippen molar-refractivity contribution in [1.82, 2.24) is 20.2 Å². The lowest BCUT2D eigenvalue weighted by atomic mass is 10.1. The normalized spacial score (nSPS) is 12.7. The Bertz CT molecular complexity index is 482. The molecule has 0 aliphatic heterocycles. The van der Waals surface area contributed by atoms with E-state index in [0.717, 1.165) is 6.20 Å². The third kappa shape index (κ3) is 1.93. The van der Waals surface area contributed by atoms with Gasteiger partial charge in [-0.15, -0.1) is 0 Å². The second-order valence-corrected chi connectivity index (χ2v) is 3.41. The van der Waals surface area contributed by atoms with Crippen LogP contribution in [0.3, 0.4) is 0 Å². The number of halogens is 1. The molecule has 6 heteroatoms. The van der Waals surface area contributed by atoms with Crippen molar-refractivity contribution in [3.8, 4) is 0 Å². The fraction of sp³-hybridized carbons (Fsp3) is 0.200. The largest absolute Gasteiger partial charge is 0.275 e. The molecule has 1 unspecified atom stereocenters. The summed E-state index contributed by atoms with van der Waals surface area (Å²) in [7, 11) is 1.79. The van der Waals surface area contributed by atoms with Crippen molar-refractivity contribution in [2.45, 2.75) is 6.04 Å². The SMILES string of the molecule is Cn1ccc(C(NN)c2ccncc2F)n1. The molecule has 0 saturated carbocycles. The Morgan fingerprint density at radius 1 is 1.50 bits per heavy atom. The first kappa shape index (κ1) is 10.7. The minimum Gasteiger partial charge on any atom is -0.275 e. The minimum absolute atomic E-state index is 0.406. The zero-order chi connectivity index (χ0) is 11.5. The molecule has 0 aliphatic rings. The number of hydrogen-bond acceptors (Lipinski definition) is 4. The van der Waals surface area contributed by atoms with Gasteiger partial charge in [0.2, 0.25) is 0 Å². The topological polar surface area (TPSA) is 68.8 Å². The summed E-state index contributed by atoms with van der Waals surface area (Å²) >= 11 is 0. The van der Waals surface area contributed by atoms with Crippen LogP contribution in [0.4, 0.5) is 4.39 Å². The fourth-order valence-electron chi connectivity index (χ4n) is 1.54. The summed E-state index contributed by atoms with van der Waals surface area (Å²) in [6.45, 7) is 0. The third-order valence-electron chi connectivity index (χ3n) is 2.31. The van der Waals surface area contributed by atoms with Gasteiger partial charge in [-0.25, -0.2) is 9.82 Å². The molecule has 2 aromatic heterocycles. The molecular formula is C10H12FN5. The average Bonchev–Trinajstić information content (AvgIpc) is 2.69. The molecule has 1 atom stereocenters. The lowest BCUT2D eigenvalue weighted by molar-refractivity contribution is 0.543. The predicted octanol–water partition coefficient (Wildman–Crippen LogP) is 0.507. The van der Waals surface area contributed by atoms with Gasteiger partial charge >= 0.3 is 0 Å². The molecule has 0 aliphatic carbocycles. The Labute approximate surface area is 92.1 Å². The second kappa shape index (κ2) is 4.38. The van der Waals surface area contributed by atoms with Crippen LogP contribution in [0.2, 0.25) is 0 Å². The van der Waals surface area contributed by atoms with Gasteiger partial charge in [0.25, 0.3) is 0 Å². The summed E-state index contributed by atoms with van der Waals surface area (Å²) in [5, 5.41) is 4.19. The highest BCUT2D eigenvalue weighted by Crippen LogP contribution is 2.21. The molecule has 2 heterocycles. The van der Waals surface area contributed by atoms with Crippen molar-refractivity contribution in [2.24, 2.45) is 12.9 Å². The Morgan fingerprint density at radius 3 is 2.88 bits per heavy atom. The van der Waals surface area contributed by atoms with E-state index in [1.165, 1.54) is 6.20 Å². The summed E-state index contributed by atoms with van der Waals surface area (Å²) in [5.74, 6) is 5.02. The van der Waals surface area contributed by atoms with Crippen molar-refractivity contribution >= 4 is 0 Å². The van der Waals surface area contributed by atoms with Gasteiger partial charge in [0.1, 0.15) is 5.82 Å². The van der Waals surface area contributed by atoms with Crippen LogP contribution < -0.4 is 11.3 Å². The number of hydrazine groups is 1. The molecule has 0 saturated heterocycles. The van der Waals surface area contributed by atoms with Gasteiger partial charge in [-0.2, -0.15) is 5.10 Å². The Morgan fingerprint density at radius 2 is 2.31 bits per heavy atom. The minimum atomic E-state index is -0.468. The van der Waals surface area contributed by atoms with Gasteiger partial charge in [0, 0.05) is 25.0 Å². The predicted molar refractivity (Wildman–Crippen MR) is 56.6 cm³/mol. The number of pyridine rings is 1. The van der Waals surface area contributed by atoms with E-state index in [0.29, 0.717) is 11.3 Å². The summed E-state index contributed by atoms with van der Waals surface area (Å²) in [5.41, 5.74) is 3.63. The van der Waals surface area contributed by atoms with Crippen LogP contribution in [0.25, 0.3) is 0 Å². The molecule has 0 amide bonds. The van der Waals surface area contributed by atoms with Gasteiger partial charge in [0.15, 0.2) is 0 Å². The Balaban J connectivity index is 2.40. The molecule has 0 bridgehead atoms. The van der Waals surface area contributed by atoms with Gasteiger partial charge in [-0.3, -0.25) is 15.5 Å². The maximum absolute atomic E-state index is 13.5. The maximum Gasteiger partial charge on any atom is 0.146 e. The molecule has 16 heavy (non-hydrogen) atoms. The van der Waals surface area contributed by atoms with E-state index in [2.05, 4.69) is 15.5 Å². The molecule has 0 spiro atoms. The number of nitrogens with one attached hydrogen (secondary N) is 1. The van der Waals surface area contributed by atoms with E-state index < -0.39 is 11.9 Å². The van der Waals surface area contributed by atoms with Crippen LogP contribution in [0.15, 0.2) is 30.7 Å². The Kier molecular flexibility index (Phi) is 2.93. The standard InChI is InChI=1S/C10H12FN5/c1-16-5-3-9(15-16)10(14-12)7-2-4-13-6-8(7)11/h2-6,10,14H,12H2,1H3. The lowest BCUT2D eigenvalue weighted by Gasteiger charge is -2.14. The zero-order valence-corrected chi connectivity index (χ0v) is 8.76. The lowest BCUT2D eigenvalue weighted by Crippen LogP contribution is -2.30. The fourth-order valence-corrected chi connectivity index (χ4v) is 1.54. The van der Waals surface area contributed by atoms with Crippen LogP contribution in [0.1, 0.15) is 17.3 Å². The molecule has 0 radical (unpaired) electrons. The van der Waals surface area contributed by atoms with Crippen molar-refractivity contribution in [3.63, 3.8) is 0 Å². The highest BCUT2D eigenvalue weighted by Gasteiger charge is 2.18. The highest BCUT2D eigenvalue weighted by molar-refractivity contribution is 5.26. The summed E-state index contributed by atoms with van der Waals surface area (Å²) in [4.78, 5) is 3.69. The zero-order valence-electron chi connectivity index (χ0n) is 8.76. The number of aromatic nitrogens is 3. The maximum atomic E-state index is 13.5. The van der Waals surface area contributed by atoms with E-state index >= 15 is 0 Å². The molecule has 84 valence electrons. The summed E-state index contributed by atoms with van der Waals surface area (Å²) in [6, 6.07) is 2.89. The molecule has 3 N–H and O–H groups in total.